The maximum atomic E-state index is 12.3. The Kier molecular flexibility index (Phi) is 5.64. The number of hydrogen-bond donors (Lipinski definition) is 1. The normalized spacial score (nSPS) is 12.8. The van der Waals surface area contributed by atoms with E-state index in [1.54, 1.807) is 54.9 Å². The minimum Gasteiger partial charge on any atom is -0.271 e. The van der Waals surface area contributed by atoms with Gasteiger partial charge in [-0.25, -0.2) is 13.8 Å². The lowest BCUT2D eigenvalue weighted by atomic mass is 10.2. The summed E-state index contributed by atoms with van der Waals surface area (Å²) in [5.41, 5.74) is 3.54. The van der Waals surface area contributed by atoms with Crippen molar-refractivity contribution in [3.63, 3.8) is 0 Å². The molecule has 2 rings (SSSR count). The third-order valence-electron chi connectivity index (χ3n) is 3.19. The highest BCUT2D eigenvalue weighted by Crippen LogP contribution is 2.20. The first-order valence-corrected chi connectivity index (χ1v) is 9.02. The molecule has 0 saturated heterocycles. The quantitative estimate of drug-likeness (QED) is 0.632. The molecule has 8 heteroatoms. The van der Waals surface area contributed by atoms with Gasteiger partial charge < -0.3 is 0 Å². The lowest BCUT2D eigenvalue weighted by molar-refractivity contribution is -0.121. The highest BCUT2D eigenvalue weighted by molar-refractivity contribution is 7.92. The summed E-state index contributed by atoms with van der Waals surface area (Å²) in [6, 6.07) is 11.0. The van der Waals surface area contributed by atoms with Crippen LogP contribution in [-0.4, -0.2) is 37.8 Å². The van der Waals surface area contributed by atoms with Gasteiger partial charge in [-0.1, -0.05) is 18.2 Å². The Morgan fingerprint density at radius 2 is 1.83 bits per heavy atom. The monoisotopic (exact) mass is 346 g/mol. The Bertz CT molecular complexity index is 808. The average Bonchev–Trinajstić information content (AvgIpc) is 2.55. The van der Waals surface area contributed by atoms with Gasteiger partial charge in [0.05, 0.1) is 18.2 Å². The van der Waals surface area contributed by atoms with E-state index in [2.05, 4.69) is 15.5 Å². The SMILES string of the molecule is C[C@H](C(=O)N/N=C\c1ccncc1)N(c1ccccc1)S(C)(=O)=O. The minimum atomic E-state index is -3.63. The van der Waals surface area contributed by atoms with Crippen molar-refractivity contribution < 1.29 is 13.2 Å². The maximum Gasteiger partial charge on any atom is 0.263 e. The summed E-state index contributed by atoms with van der Waals surface area (Å²) >= 11 is 0. The predicted molar refractivity (Wildman–Crippen MR) is 93.2 cm³/mol. The van der Waals surface area contributed by atoms with Crippen LogP contribution in [0.5, 0.6) is 0 Å². The molecule has 1 aromatic heterocycles. The summed E-state index contributed by atoms with van der Waals surface area (Å²) in [6.45, 7) is 1.51. The smallest absolute Gasteiger partial charge is 0.263 e. The summed E-state index contributed by atoms with van der Waals surface area (Å²) in [4.78, 5) is 16.1. The molecular formula is C16H18N4O3S. The van der Waals surface area contributed by atoms with E-state index in [1.807, 2.05) is 0 Å². The van der Waals surface area contributed by atoms with E-state index in [0.717, 1.165) is 16.1 Å². The number of rotatable bonds is 6. The van der Waals surface area contributed by atoms with Crippen molar-refractivity contribution in [3.8, 4) is 0 Å². The number of anilines is 1. The fourth-order valence-corrected chi connectivity index (χ4v) is 3.27. The van der Waals surface area contributed by atoms with Gasteiger partial charge in [0.1, 0.15) is 6.04 Å². The van der Waals surface area contributed by atoms with Gasteiger partial charge >= 0.3 is 0 Å². The van der Waals surface area contributed by atoms with Crippen molar-refractivity contribution in [2.24, 2.45) is 5.10 Å². The zero-order valence-electron chi connectivity index (χ0n) is 13.3. The van der Waals surface area contributed by atoms with Gasteiger partial charge in [-0.15, -0.1) is 0 Å². The number of hydrazone groups is 1. The molecule has 1 aromatic carbocycles. The number of carbonyl (C=O) groups is 1. The van der Waals surface area contributed by atoms with Gasteiger partial charge in [-0.3, -0.25) is 14.1 Å². The molecule has 0 aliphatic heterocycles. The van der Waals surface area contributed by atoms with Gasteiger partial charge in [0, 0.05) is 12.4 Å². The molecule has 1 amide bonds. The van der Waals surface area contributed by atoms with E-state index in [4.69, 9.17) is 0 Å². The second-order valence-corrected chi connectivity index (χ2v) is 6.94. The standard InChI is InChI=1S/C16H18N4O3S/c1-13(16(21)19-18-12-14-8-10-17-11-9-14)20(24(2,22)23)15-6-4-3-5-7-15/h3-13H,1-2H3,(H,19,21)/b18-12-/t13-/m1/s1. The van der Waals surface area contributed by atoms with Gasteiger partial charge in [0.2, 0.25) is 10.0 Å². The van der Waals surface area contributed by atoms with Crippen LogP contribution in [0.15, 0.2) is 60.0 Å². The third-order valence-corrected chi connectivity index (χ3v) is 4.44. The summed E-state index contributed by atoms with van der Waals surface area (Å²) in [5, 5.41) is 3.85. The Balaban J connectivity index is 2.13. The average molecular weight is 346 g/mol. The number of nitrogens with one attached hydrogen (secondary N) is 1. The van der Waals surface area contributed by atoms with E-state index < -0.39 is 22.0 Å². The first-order chi connectivity index (χ1) is 11.4. The first kappa shape index (κ1) is 17.6. The van der Waals surface area contributed by atoms with Gasteiger partial charge in [-0.05, 0) is 36.8 Å². The molecule has 0 aliphatic carbocycles. The molecule has 2 aromatic rings. The highest BCUT2D eigenvalue weighted by Gasteiger charge is 2.28. The van der Waals surface area contributed by atoms with Crippen LogP contribution in [0, 0.1) is 0 Å². The zero-order valence-corrected chi connectivity index (χ0v) is 14.1. The Morgan fingerprint density at radius 1 is 1.21 bits per heavy atom. The molecule has 1 N–H and O–H groups in total. The van der Waals surface area contributed by atoms with Crippen LogP contribution in [0.25, 0.3) is 0 Å². The lowest BCUT2D eigenvalue weighted by Crippen LogP contribution is -2.46. The molecule has 1 atom stereocenters. The topological polar surface area (TPSA) is 91.7 Å². The lowest BCUT2D eigenvalue weighted by Gasteiger charge is -2.27. The Morgan fingerprint density at radius 3 is 2.42 bits per heavy atom. The number of benzene rings is 1. The number of aromatic nitrogens is 1. The van der Waals surface area contributed by atoms with Crippen LogP contribution >= 0.6 is 0 Å². The van der Waals surface area contributed by atoms with E-state index in [0.29, 0.717) is 5.69 Å². The zero-order chi connectivity index (χ0) is 17.6. The van der Waals surface area contributed by atoms with Crippen molar-refractivity contribution in [1.82, 2.24) is 10.4 Å². The molecule has 0 saturated carbocycles. The number of nitrogens with zero attached hydrogens (tertiary/aromatic N) is 3. The molecule has 1 heterocycles. The van der Waals surface area contributed by atoms with Crippen LogP contribution in [0.1, 0.15) is 12.5 Å². The molecule has 0 radical (unpaired) electrons. The van der Waals surface area contributed by atoms with Crippen molar-refractivity contribution in [2.45, 2.75) is 13.0 Å². The van der Waals surface area contributed by atoms with Gasteiger partial charge in [0.15, 0.2) is 0 Å². The molecule has 7 nitrogen and oxygen atoms in total. The maximum absolute atomic E-state index is 12.3. The number of sulfonamides is 1. The molecule has 126 valence electrons. The largest absolute Gasteiger partial charge is 0.271 e. The molecule has 0 aliphatic rings. The number of amides is 1. The third kappa shape index (κ3) is 4.63. The van der Waals surface area contributed by atoms with Crippen molar-refractivity contribution >= 4 is 27.8 Å². The van der Waals surface area contributed by atoms with Crippen LogP contribution in [0.2, 0.25) is 0 Å². The molecule has 24 heavy (non-hydrogen) atoms. The fourth-order valence-electron chi connectivity index (χ4n) is 2.10. The van der Waals surface area contributed by atoms with Crippen LogP contribution in [0.3, 0.4) is 0 Å². The fraction of sp³-hybridized carbons (Fsp3) is 0.188. The molecular weight excluding hydrogens is 328 g/mol. The molecule has 0 bridgehead atoms. The van der Waals surface area contributed by atoms with Gasteiger partial charge in [0.25, 0.3) is 5.91 Å². The van der Waals surface area contributed by atoms with Crippen LogP contribution in [-0.2, 0) is 14.8 Å². The highest BCUT2D eigenvalue weighted by atomic mass is 32.2. The van der Waals surface area contributed by atoms with Crippen LogP contribution in [0.4, 0.5) is 5.69 Å². The van der Waals surface area contributed by atoms with Crippen LogP contribution < -0.4 is 9.73 Å². The minimum absolute atomic E-state index is 0.417. The molecule has 0 spiro atoms. The molecule has 0 unspecified atom stereocenters. The summed E-state index contributed by atoms with van der Waals surface area (Å²) in [6.07, 6.45) is 5.73. The summed E-state index contributed by atoms with van der Waals surface area (Å²) < 4.78 is 25.2. The van der Waals surface area contributed by atoms with Crippen molar-refractivity contribution in [1.29, 1.82) is 0 Å². The van der Waals surface area contributed by atoms with E-state index in [-0.39, 0.29) is 0 Å². The first-order valence-electron chi connectivity index (χ1n) is 7.17. The van der Waals surface area contributed by atoms with Gasteiger partial charge in [-0.2, -0.15) is 5.10 Å². The van der Waals surface area contributed by atoms with Crippen molar-refractivity contribution in [3.05, 3.63) is 60.4 Å². The Hall–Kier alpha value is -2.74. The number of para-hydroxylation sites is 1. The second-order valence-electron chi connectivity index (χ2n) is 5.09. The molecule has 0 fully saturated rings. The van der Waals surface area contributed by atoms with E-state index in [1.165, 1.54) is 13.1 Å². The van der Waals surface area contributed by atoms with E-state index in [9.17, 15) is 13.2 Å². The van der Waals surface area contributed by atoms with Crippen molar-refractivity contribution in [2.75, 3.05) is 10.6 Å². The number of hydrogen-bond acceptors (Lipinski definition) is 5. The summed E-state index contributed by atoms with van der Waals surface area (Å²) in [7, 11) is -3.63. The predicted octanol–water partition coefficient (Wildman–Crippen LogP) is 1.39. The number of carbonyl (C=O) groups excluding carboxylic acids is 1. The summed E-state index contributed by atoms with van der Waals surface area (Å²) in [5.74, 6) is -0.533. The second kappa shape index (κ2) is 7.69. The number of pyridine rings is 1. The van der Waals surface area contributed by atoms with E-state index >= 15 is 0 Å². The Labute approximate surface area is 141 Å².